The van der Waals surface area contributed by atoms with Gasteiger partial charge >= 0.3 is 0 Å². The first-order valence-corrected chi connectivity index (χ1v) is 8.29. The minimum atomic E-state index is -0.238. The number of benzene rings is 3. The number of fused-ring (bicyclic) bond motifs is 2. The Morgan fingerprint density at radius 3 is 2.62 bits per heavy atom. The molecule has 0 radical (unpaired) electrons. The molecule has 0 aliphatic carbocycles. The van der Waals surface area contributed by atoms with Gasteiger partial charge in [0.25, 0.3) is 5.91 Å². The van der Waals surface area contributed by atoms with E-state index in [1.165, 1.54) is 6.20 Å². The van der Waals surface area contributed by atoms with E-state index in [1.54, 1.807) is 7.11 Å². The molecule has 0 spiro atoms. The molecule has 0 aliphatic rings. The number of amides is 1. The minimum absolute atomic E-state index is 0.238. The highest BCUT2D eigenvalue weighted by Crippen LogP contribution is 2.21. The molecule has 1 amide bonds. The van der Waals surface area contributed by atoms with Crippen molar-refractivity contribution in [3.05, 3.63) is 78.1 Å². The van der Waals surface area contributed by atoms with Crippen LogP contribution in [0, 0.1) is 0 Å². The molecule has 0 unspecified atom stereocenters. The second-order valence-electron chi connectivity index (χ2n) is 5.97. The number of para-hydroxylation sites is 2. The molecule has 5 nitrogen and oxygen atoms in total. The normalized spacial score (nSPS) is 10.8. The van der Waals surface area contributed by atoms with Crippen molar-refractivity contribution in [3.8, 4) is 5.75 Å². The fourth-order valence-corrected chi connectivity index (χ4v) is 2.85. The molecule has 0 aliphatic heterocycles. The molecule has 0 saturated heterocycles. The number of carbonyl (C=O) groups excluding carboxylic acids is 1. The quantitative estimate of drug-likeness (QED) is 0.613. The van der Waals surface area contributed by atoms with Crippen molar-refractivity contribution < 1.29 is 9.53 Å². The Morgan fingerprint density at radius 1 is 1.00 bits per heavy atom. The van der Waals surface area contributed by atoms with Crippen LogP contribution in [-0.4, -0.2) is 23.0 Å². The lowest BCUT2D eigenvalue weighted by molar-refractivity contribution is 0.0946. The monoisotopic (exact) mass is 343 g/mol. The van der Waals surface area contributed by atoms with E-state index in [0.717, 1.165) is 27.6 Å². The standard InChI is InChI=1S/C21H17N3O2/c1-26-17-9-8-15-10-14(6-7-16(15)11-17)12-23-21(25)20-13-22-18-4-2-3-5-19(18)24-20/h2-11,13H,12H2,1H3,(H,23,25). The number of hydrogen-bond acceptors (Lipinski definition) is 4. The molecule has 0 fully saturated rings. The number of hydrogen-bond donors (Lipinski definition) is 1. The van der Waals surface area contributed by atoms with Crippen molar-refractivity contribution in [3.63, 3.8) is 0 Å². The van der Waals surface area contributed by atoms with E-state index in [4.69, 9.17) is 4.74 Å². The number of carbonyl (C=O) groups is 1. The molecule has 0 bridgehead atoms. The number of rotatable bonds is 4. The molecule has 26 heavy (non-hydrogen) atoms. The predicted molar refractivity (Wildman–Crippen MR) is 101 cm³/mol. The Morgan fingerprint density at radius 2 is 1.77 bits per heavy atom. The van der Waals surface area contributed by atoms with E-state index < -0.39 is 0 Å². The van der Waals surface area contributed by atoms with E-state index in [2.05, 4.69) is 21.4 Å². The van der Waals surface area contributed by atoms with Crippen LogP contribution < -0.4 is 10.1 Å². The fraction of sp³-hybridized carbons (Fsp3) is 0.0952. The third-order valence-electron chi connectivity index (χ3n) is 4.25. The van der Waals surface area contributed by atoms with Crippen molar-refractivity contribution in [1.82, 2.24) is 15.3 Å². The Hall–Kier alpha value is -3.47. The number of nitrogens with zero attached hydrogens (tertiary/aromatic N) is 2. The van der Waals surface area contributed by atoms with Crippen LogP contribution in [0.5, 0.6) is 5.75 Å². The van der Waals surface area contributed by atoms with Gasteiger partial charge < -0.3 is 10.1 Å². The highest BCUT2D eigenvalue weighted by Gasteiger charge is 2.09. The van der Waals surface area contributed by atoms with Gasteiger partial charge in [-0.25, -0.2) is 4.98 Å². The molecule has 1 aromatic heterocycles. The SMILES string of the molecule is COc1ccc2cc(CNC(=O)c3cnc4ccccc4n3)ccc2c1. The zero-order valence-electron chi connectivity index (χ0n) is 14.3. The van der Waals surface area contributed by atoms with Gasteiger partial charge in [0.15, 0.2) is 0 Å². The molecule has 5 heteroatoms. The maximum Gasteiger partial charge on any atom is 0.271 e. The Kier molecular flexibility index (Phi) is 4.19. The zero-order chi connectivity index (χ0) is 17.9. The molecule has 4 aromatic rings. The fourth-order valence-electron chi connectivity index (χ4n) is 2.85. The second kappa shape index (κ2) is 6.80. The van der Waals surface area contributed by atoms with E-state index in [1.807, 2.05) is 54.6 Å². The minimum Gasteiger partial charge on any atom is -0.497 e. The lowest BCUT2D eigenvalue weighted by Gasteiger charge is -2.08. The highest BCUT2D eigenvalue weighted by molar-refractivity contribution is 5.93. The summed E-state index contributed by atoms with van der Waals surface area (Å²) in [4.78, 5) is 21.0. The largest absolute Gasteiger partial charge is 0.497 e. The van der Waals surface area contributed by atoms with Crippen LogP contribution in [-0.2, 0) is 6.54 Å². The lowest BCUT2D eigenvalue weighted by Crippen LogP contribution is -2.24. The number of aromatic nitrogens is 2. The van der Waals surface area contributed by atoms with Gasteiger partial charge in [-0.3, -0.25) is 9.78 Å². The van der Waals surface area contributed by atoms with Gasteiger partial charge in [-0.05, 0) is 46.7 Å². The van der Waals surface area contributed by atoms with Gasteiger partial charge in [-0.1, -0.05) is 30.3 Å². The van der Waals surface area contributed by atoms with E-state index in [-0.39, 0.29) is 5.91 Å². The third kappa shape index (κ3) is 3.19. The summed E-state index contributed by atoms with van der Waals surface area (Å²) in [6.07, 6.45) is 1.50. The maximum absolute atomic E-state index is 12.4. The molecule has 0 saturated carbocycles. The summed E-state index contributed by atoms with van der Waals surface area (Å²) in [6.45, 7) is 0.426. The van der Waals surface area contributed by atoms with Crippen molar-refractivity contribution in [2.75, 3.05) is 7.11 Å². The van der Waals surface area contributed by atoms with Crippen LogP contribution in [0.2, 0.25) is 0 Å². The predicted octanol–water partition coefficient (Wildman–Crippen LogP) is 3.72. The highest BCUT2D eigenvalue weighted by atomic mass is 16.5. The van der Waals surface area contributed by atoms with Gasteiger partial charge in [-0.2, -0.15) is 0 Å². The van der Waals surface area contributed by atoms with Crippen molar-refractivity contribution in [1.29, 1.82) is 0 Å². The average Bonchev–Trinajstić information content (AvgIpc) is 2.71. The Balaban J connectivity index is 1.50. The van der Waals surface area contributed by atoms with Crippen LogP contribution in [0.1, 0.15) is 16.1 Å². The van der Waals surface area contributed by atoms with E-state index in [0.29, 0.717) is 17.8 Å². The first-order chi connectivity index (χ1) is 12.7. The number of ether oxygens (including phenoxy) is 1. The molecular formula is C21H17N3O2. The third-order valence-corrected chi connectivity index (χ3v) is 4.25. The summed E-state index contributed by atoms with van der Waals surface area (Å²) in [6, 6.07) is 19.5. The first kappa shape index (κ1) is 16.0. The molecule has 1 N–H and O–H groups in total. The maximum atomic E-state index is 12.4. The van der Waals surface area contributed by atoms with Crippen LogP contribution in [0.4, 0.5) is 0 Å². The summed E-state index contributed by atoms with van der Waals surface area (Å²) in [5.41, 5.74) is 2.81. The van der Waals surface area contributed by atoms with Crippen LogP contribution in [0.25, 0.3) is 21.8 Å². The van der Waals surface area contributed by atoms with Crippen molar-refractivity contribution in [2.45, 2.75) is 6.54 Å². The summed E-state index contributed by atoms with van der Waals surface area (Å²) >= 11 is 0. The van der Waals surface area contributed by atoms with Crippen molar-refractivity contribution >= 4 is 27.7 Å². The Bertz CT molecular complexity index is 1110. The average molecular weight is 343 g/mol. The van der Waals surface area contributed by atoms with E-state index in [9.17, 15) is 4.79 Å². The second-order valence-corrected chi connectivity index (χ2v) is 5.97. The van der Waals surface area contributed by atoms with Gasteiger partial charge in [0.05, 0.1) is 24.3 Å². The summed E-state index contributed by atoms with van der Waals surface area (Å²) < 4.78 is 5.24. The van der Waals surface area contributed by atoms with Gasteiger partial charge in [0, 0.05) is 6.54 Å². The summed E-state index contributed by atoms with van der Waals surface area (Å²) in [7, 11) is 1.65. The smallest absolute Gasteiger partial charge is 0.271 e. The summed E-state index contributed by atoms with van der Waals surface area (Å²) in [5, 5.41) is 5.10. The number of methoxy groups -OCH3 is 1. The molecule has 3 aromatic carbocycles. The Labute approximate surface area is 150 Å². The number of nitrogens with one attached hydrogen (secondary N) is 1. The summed E-state index contributed by atoms with van der Waals surface area (Å²) in [5.74, 6) is 0.589. The molecule has 4 rings (SSSR count). The van der Waals surface area contributed by atoms with Crippen LogP contribution >= 0.6 is 0 Å². The molecule has 1 heterocycles. The van der Waals surface area contributed by atoms with Gasteiger partial charge in [-0.15, -0.1) is 0 Å². The molecular weight excluding hydrogens is 326 g/mol. The molecule has 0 atom stereocenters. The molecule has 128 valence electrons. The van der Waals surface area contributed by atoms with Crippen LogP contribution in [0.15, 0.2) is 66.9 Å². The van der Waals surface area contributed by atoms with Crippen molar-refractivity contribution in [2.24, 2.45) is 0 Å². The zero-order valence-corrected chi connectivity index (χ0v) is 14.3. The first-order valence-electron chi connectivity index (χ1n) is 8.29. The lowest BCUT2D eigenvalue weighted by atomic mass is 10.1. The topological polar surface area (TPSA) is 64.1 Å². The van der Waals surface area contributed by atoms with Gasteiger partial charge in [0.2, 0.25) is 0 Å². The van der Waals surface area contributed by atoms with Crippen LogP contribution in [0.3, 0.4) is 0 Å². The van der Waals surface area contributed by atoms with E-state index >= 15 is 0 Å². The van der Waals surface area contributed by atoms with Gasteiger partial charge in [0.1, 0.15) is 11.4 Å².